The monoisotopic (exact) mass is 310 g/mol. The Kier molecular flexibility index (Phi) is 2.89. The summed E-state index contributed by atoms with van der Waals surface area (Å²) in [6.07, 6.45) is 5.46. The first-order chi connectivity index (χ1) is 11.4. The molecule has 0 radical (unpaired) electrons. The van der Waals surface area contributed by atoms with Crippen LogP contribution < -0.4 is 10.6 Å². The molecule has 2 aliphatic heterocycles. The molecule has 0 amide bonds. The zero-order valence-electron chi connectivity index (χ0n) is 12.6. The molecule has 0 saturated heterocycles. The van der Waals surface area contributed by atoms with E-state index in [9.17, 15) is 0 Å². The highest BCUT2D eigenvalue weighted by molar-refractivity contribution is 5.31. The first-order valence-electron chi connectivity index (χ1n) is 8.01. The fourth-order valence-corrected chi connectivity index (χ4v) is 3.59. The van der Waals surface area contributed by atoms with Gasteiger partial charge in [-0.05, 0) is 12.1 Å². The number of imidazole rings is 2. The predicted octanol–water partition coefficient (Wildman–Crippen LogP) is 1.20. The molecule has 3 aromatic rings. The molecule has 0 saturated carbocycles. The average molecular weight is 310 g/mol. The van der Waals surface area contributed by atoms with E-state index in [4.69, 9.17) is 4.42 Å². The van der Waals surface area contributed by atoms with Crippen molar-refractivity contribution in [2.24, 2.45) is 0 Å². The van der Waals surface area contributed by atoms with E-state index in [1.165, 1.54) is 11.4 Å². The van der Waals surface area contributed by atoms with Crippen molar-refractivity contribution in [3.8, 4) is 0 Å². The molecule has 2 atom stereocenters. The molecule has 5 heterocycles. The maximum absolute atomic E-state index is 6.18. The lowest BCUT2D eigenvalue weighted by molar-refractivity contribution is 0.375. The first-order valence-corrected chi connectivity index (χ1v) is 8.01. The average Bonchev–Trinajstić information content (AvgIpc) is 3.32. The number of aromatic nitrogens is 4. The molecule has 23 heavy (non-hydrogen) atoms. The lowest BCUT2D eigenvalue weighted by Gasteiger charge is -2.23. The molecule has 0 aliphatic carbocycles. The summed E-state index contributed by atoms with van der Waals surface area (Å²) in [5.41, 5.74) is 4.46. The lowest BCUT2D eigenvalue weighted by Crippen LogP contribution is -2.31. The summed E-state index contributed by atoms with van der Waals surface area (Å²) in [7, 11) is 0. The van der Waals surface area contributed by atoms with Crippen LogP contribution in [0.15, 0.2) is 29.2 Å². The second-order valence-corrected chi connectivity index (χ2v) is 6.05. The molecule has 118 valence electrons. The van der Waals surface area contributed by atoms with E-state index in [2.05, 4.69) is 30.6 Å². The number of fused-ring (bicyclic) bond motifs is 2. The van der Waals surface area contributed by atoms with E-state index in [1.807, 2.05) is 12.1 Å². The number of nitrogens with one attached hydrogen (secondary N) is 4. The van der Waals surface area contributed by atoms with Crippen molar-refractivity contribution < 1.29 is 4.42 Å². The van der Waals surface area contributed by atoms with Crippen LogP contribution in [0.25, 0.3) is 0 Å². The summed E-state index contributed by atoms with van der Waals surface area (Å²) >= 11 is 0. The Labute approximate surface area is 132 Å². The molecule has 5 rings (SSSR count). The molecular formula is C16H18N6O. The Hall–Kier alpha value is -2.38. The van der Waals surface area contributed by atoms with Gasteiger partial charge < -0.3 is 25.0 Å². The van der Waals surface area contributed by atoms with Gasteiger partial charge in [-0.15, -0.1) is 0 Å². The van der Waals surface area contributed by atoms with E-state index in [0.717, 1.165) is 48.8 Å². The standard InChI is InChI=1S/C16H18N6O/c1-2-12(16-14-10(4-6-18-16)20-8-22-14)23-11(1)15-13-9(3-5-17-15)19-7-21-13/h1-2,7-8,15-18H,3-6H2,(H,19,21)(H,20,22). The Morgan fingerprint density at radius 1 is 0.826 bits per heavy atom. The molecule has 2 aliphatic rings. The zero-order chi connectivity index (χ0) is 15.2. The summed E-state index contributed by atoms with van der Waals surface area (Å²) in [4.78, 5) is 15.3. The summed E-state index contributed by atoms with van der Waals surface area (Å²) in [6, 6.07) is 4.11. The minimum atomic E-state index is 0.0148. The molecule has 3 aromatic heterocycles. The minimum Gasteiger partial charge on any atom is -0.462 e. The van der Waals surface area contributed by atoms with Crippen LogP contribution in [0.1, 0.15) is 46.4 Å². The maximum Gasteiger partial charge on any atom is 0.127 e. The fourth-order valence-electron chi connectivity index (χ4n) is 3.59. The molecule has 0 spiro atoms. The number of H-pyrrole nitrogens is 2. The second-order valence-electron chi connectivity index (χ2n) is 6.05. The largest absolute Gasteiger partial charge is 0.462 e. The molecule has 4 N–H and O–H groups in total. The van der Waals surface area contributed by atoms with Gasteiger partial charge >= 0.3 is 0 Å². The van der Waals surface area contributed by atoms with Crippen molar-refractivity contribution in [1.82, 2.24) is 30.6 Å². The van der Waals surface area contributed by atoms with E-state index < -0.39 is 0 Å². The summed E-state index contributed by atoms with van der Waals surface area (Å²) < 4.78 is 6.18. The fraction of sp³-hybridized carbons (Fsp3) is 0.375. The number of nitrogens with zero attached hydrogens (tertiary/aromatic N) is 2. The Morgan fingerprint density at radius 3 is 1.87 bits per heavy atom. The van der Waals surface area contributed by atoms with Crippen LogP contribution >= 0.6 is 0 Å². The van der Waals surface area contributed by atoms with Gasteiger partial charge in [-0.3, -0.25) is 0 Å². The normalized spacial score (nSPS) is 23.5. The van der Waals surface area contributed by atoms with Crippen molar-refractivity contribution in [2.45, 2.75) is 24.9 Å². The molecular weight excluding hydrogens is 292 g/mol. The highest BCUT2D eigenvalue weighted by Gasteiger charge is 2.30. The van der Waals surface area contributed by atoms with Gasteiger partial charge in [0.2, 0.25) is 0 Å². The number of hydrogen-bond donors (Lipinski definition) is 4. The van der Waals surface area contributed by atoms with Gasteiger partial charge in [0, 0.05) is 37.3 Å². The molecule has 7 nitrogen and oxygen atoms in total. The van der Waals surface area contributed by atoms with Crippen molar-refractivity contribution in [3.63, 3.8) is 0 Å². The number of hydrogen-bond acceptors (Lipinski definition) is 5. The van der Waals surface area contributed by atoms with Gasteiger partial charge in [0.05, 0.1) is 24.0 Å². The highest BCUT2D eigenvalue weighted by atomic mass is 16.3. The highest BCUT2D eigenvalue weighted by Crippen LogP contribution is 2.32. The Morgan fingerprint density at radius 2 is 1.35 bits per heavy atom. The number of furan rings is 1. The van der Waals surface area contributed by atoms with E-state index >= 15 is 0 Å². The second kappa shape index (κ2) is 5.07. The van der Waals surface area contributed by atoms with E-state index in [1.54, 1.807) is 12.7 Å². The summed E-state index contributed by atoms with van der Waals surface area (Å²) in [5, 5.41) is 6.98. The van der Waals surface area contributed by atoms with Gasteiger partial charge in [-0.25, -0.2) is 9.97 Å². The van der Waals surface area contributed by atoms with Crippen LogP contribution in [0.4, 0.5) is 0 Å². The van der Waals surface area contributed by atoms with Crippen LogP contribution in [-0.2, 0) is 12.8 Å². The molecule has 0 aromatic carbocycles. The summed E-state index contributed by atoms with van der Waals surface area (Å²) in [5.74, 6) is 1.80. The molecule has 0 fully saturated rings. The van der Waals surface area contributed by atoms with Gasteiger partial charge in [-0.2, -0.15) is 0 Å². The SMILES string of the molecule is c1nc2c([nH]1)CCNC2c1ccc(C2NCCc3[nH]cnc32)o1. The van der Waals surface area contributed by atoms with Crippen LogP contribution in [0.2, 0.25) is 0 Å². The first kappa shape index (κ1) is 13.1. The quantitative estimate of drug-likeness (QED) is 0.570. The van der Waals surface area contributed by atoms with Crippen LogP contribution in [0, 0.1) is 0 Å². The zero-order valence-corrected chi connectivity index (χ0v) is 12.6. The van der Waals surface area contributed by atoms with Gasteiger partial charge in [-0.1, -0.05) is 0 Å². The van der Waals surface area contributed by atoms with Crippen molar-refractivity contribution in [2.75, 3.05) is 13.1 Å². The minimum absolute atomic E-state index is 0.0148. The van der Waals surface area contributed by atoms with Crippen molar-refractivity contribution >= 4 is 0 Å². The van der Waals surface area contributed by atoms with E-state index in [-0.39, 0.29) is 12.1 Å². The summed E-state index contributed by atoms with van der Waals surface area (Å²) in [6.45, 7) is 1.84. The number of aromatic amines is 2. The van der Waals surface area contributed by atoms with Crippen LogP contribution in [0.3, 0.4) is 0 Å². The van der Waals surface area contributed by atoms with Crippen LogP contribution in [-0.4, -0.2) is 33.0 Å². The predicted molar refractivity (Wildman–Crippen MR) is 83.0 cm³/mol. The van der Waals surface area contributed by atoms with Gasteiger partial charge in [0.1, 0.15) is 23.6 Å². The van der Waals surface area contributed by atoms with Gasteiger partial charge in [0.25, 0.3) is 0 Å². The molecule has 2 unspecified atom stereocenters. The van der Waals surface area contributed by atoms with Gasteiger partial charge in [0.15, 0.2) is 0 Å². The van der Waals surface area contributed by atoms with E-state index in [0.29, 0.717) is 0 Å². The van der Waals surface area contributed by atoms with Crippen LogP contribution in [0.5, 0.6) is 0 Å². The lowest BCUT2D eigenvalue weighted by atomic mass is 10.0. The molecule has 7 heteroatoms. The molecule has 0 bridgehead atoms. The Bertz CT molecular complexity index is 764. The van der Waals surface area contributed by atoms with Crippen molar-refractivity contribution in [3.05, 3.63) is 59.1 Å². The Balaban J connectivity index is 1.49. The smallest absolute Gasteiger partial charge is 0.127 e. The topological polar surface area (TPSA) is 94.6 Å². The third-order valence-corrected chi connectivity index (χ3v) is 4.71. The number of rotatable bonds is 2. The third-order valence-electron chi connectivity index (χ3n) is 4.71. The maximum atomic E-state index is 6.18. The van der Waals surface area contributed by atoms with Crippen molar-refractivity contribution in [1.29, 1.82) is 0 Å². The third kappa shape index (κ3) is 2.04.